The van der Waals surface area contributed by atoms with Gasteiger partial charge in [0.2, 0.25) is 0 Å². The van der Waals surface area contributed by atoms with Gasteiger partial charge in [-0.15, -0.1) is 11.6 Å². The van der Waals surface area contributed by atoms with Crippen LogP contribution in [0.4, 0.5) is 8.78 Å². The monoisotopic (exact) mass is 256 g/mol. The van der Waals surface area contributed by atoms with E-state index in [9.17, 15) is 8.78 Å². The topological polar surface area (TPSA) is 17.8 Å². The van der Waals surface area contributed by atoms with Crippen molar-refractivity contribution in [3.8, 4) is 0 Å². The molecule has 1 fully saturated rings. The summed E-state index contributed by atoms with van der Waals surface area (Å²) in [5.74, 6) is 0.129. The summed E-state index contributed by atoms with van der Waals surface area (Å²) < 4.78 is 28.7. The zero-order chi connectivity index (χ0) is 12.2. The van der Waals surface area contributed by atoms with Gasteiger partial charge >= 0.3 is 0 Å². The van der Waals surface area contributed by atoms with Gasteiger partial charge in [-0.05, 0) is 18.4 Å². The Hall–Kier alpha value is -1.16. The number of alkyl halides is 1. The largest absolute Gasteiger partial charge is 0.323 e. The molecule has 0 spiro atoms. The first kappa shape index (κ1) is 11.0. The number of halogens is 3. The lowest BCUT2D eigenvalue weighted by atomic mass is 10.3. The SMILES string of the molecule is CC1CC1n1c(CCl)nc2c(F)cc(F)cc21. The summed E-state index contributed by atoms with van der Waals surface area (Å²) in [5, 5.41) is 0. The highest BCUT2D eigenvalue weighted by Gasteiger charge is 2.37. The van der Waals surface area contributed by atoms with Crippen molar-refractivity contribution in [1.82, 2.24) is 9.55 Å². The Labute approximate surface area is 102 Å². The van der Waals surface area contributed by atoms with Crippen molar-refractivity contribution in [2.75, 3.05) is 0 Å². The fraction of sp³-hybridized carbons (Fsp3) is 0.417. The number of imidazole rings is 1. The molecule has 0 amide bonds. The van der Waals surface area contributed by atoms with Crippen LogP contribution in [-0.2, 0) is 5.88 Å². The van der Waals surface area contributed by atoms with Crippen LogP contribution in [0, 0.1) is 17.6 Å². The van der Waals surface area contributed by atoms with Crippen molar-refractivity contribution in [2.45, 2.75) is 25.3 Å². The van der Waals surface area contributed by atoms with E-state index in [-0.39, 0.29) is 17.4 Å². The van der Waals surface area contributed by atoms with Crippen LogP contribution in [0.1, 0.15) is 25.2 Å². The maximum atomic E-state index is 13.6. The van der Waals surface area contributed by atoms with E-state index in [1.165, 1.54) is 6.07 Å². The van der Waals surface area contributed by atoms with Gasteiger partial charge in [-0.3, -0.25) is 0 Å². The van der Waals surface area contributed by atoms with Crippen LogP contribution in [-0.4, -0.2) is 9.55 Å². The number of fused-ring (bicyclic) bond motifs is 1. The van der Waals surface area contributed by atoms with Crippen molar-refractivity contribution < 1.29 is 8.78 Å². The highest BCUT2D eigenvalue weighted by Crippen LogP contribution is 2.45. The van der Waals surface area contributed by atoms with Crippen LogP contribution in [0.5, 0.6) is 0 Å². The number of hydrogen-bond acceptors (Lipinski definition) is 1. The smallest absolute Gasteiger partial charge is 0.153 e. The van der Waals surface area contributed by atoms with Gasteiger partial charge in [0.1, 0.15) is 17.2 Å². The number of benzene rings is 1. The lowest BCUT2D eigenvalue weighted by Gasteiger charge is -2.06. The first-order valence-electron chi connectivity index (χ1n) is 5.53. The zero-order valence-corrected chi connectivity index (χ0v) is 10.0. The summed E-state index contributed by atoms with van der Waals surface area (Å²) in [6.45, 7) is 2.10. The van der Waals surface area contributed by atoms with Gasteiger partial charge in [0.05, 0.1) is 11.4 Å². The van der Waals surface area contributed by atoms with Crippen molar-refractivity contribution in [3.63, 3.8) is 0 Å². The second-order valence-corrected chi connectivity index (χ2v) is 4.83. The summed E-state index contributed by atoms with van der Waals surface area (Å²) in [4.78, 5) is 4.16. The molecular weight excluding hydrogens is 246 g/mol. The van der Waals surface area contributed by atoms with Gasteiger partial charge in [0.15, 0.2) is 5.82 Å². The van der Waals surface area contributed by atoms with Crippen LogP contribution in [0.3, 0.4) is 0 Å². The van der Waals surface area contributed by atoms with Crippen LogP contribution in [0.25, 0.3) is 11.0 Å². The molecule has 1 aliphatic carbocycles. The third-order valence-corrected chi connectivity index (χ3v) is 3.54. The van der Waals surface area contributed by atoms with Gasteiger partial charge in [-0.2, -0.15) is 0 Å². The predicted molar refractivity (Wildman–Crippen MR) is 62.0 cm³/mol. The molecule has 17 heavy (non-hydrogen) atoms. The first-order chi connectivity index (χ1) is 8.11. The molecule has 1 aromatic carbocycles. The summed E-state index contributed by atoms with van der Waals surface area (Å²) >= 11 is 5.82. The zero-order valence-electron chi connectivity index (χ0n) is 9.25. The molecule has 2 nitrogen and oxygen atoms in total. The van der Waals surface area contributed by atoms with Crippen LogP contribution in [0.15, 0.2) is 12.1 Å². The summed E-state index contributed by atoms with van der Waals surface area (Å²) in [6, 6.07) is 2.45. The third-order valence-electron chi connectivity index (χ3n) is 3.30. The van der Waals surface area contributed by atoms with E-state index in [0.717, 1.165) is 12.5 Å². The van der Waals surface area contributed by atoms with Crippen molar-refractivity contribution in [1.29, 1.82) is 0 Å². The summed E-state index contributed by atoms with van der Waals surface area (Å²) in [6.07, 6.45) is 1.01. The Bertz CT molecular complexity index is 594. The van der Waals surface area contributed by atoms with Crippen molar-refractivity contribution in [3.05, 3.63) is 29.6 Å². The predicted octanol–water partition coefficient (Wildman–Crippen LogP) is 3.63. The highest BCUT2D eigenvalue weighted by molar-refractivity contribution is 6.16. The maximum absolute atomic E-state index is 13.6. The Kier molecular flexibility index (Phi) is 2.36. The summed E-state index contributed by atoms with van der Waals surface area (Å²) in [5.41, 5.74) is 0.716. The van der Waals surface area contributed by atoms with E-state index in [2.05, 4.69) is 11.9 Å². The number of nitrogens with zero attached hydrogens (tertiary/aromatic N) is 2. The average molecular weight is 257 g/mol. The normalized spacial score (nSPS) is 23.3. The minimum Gasteiger partial charge on any atom is -0.323 e. The Balaban J connectivity index is 2.30. The van der Waals surface area contributed by atoms with E-state index in [4.69, 9.17) is 11.6 Å². The van der Waals surface area contributed by atoms with Crippen LogP contribution in [0.2, 0.25) is 0 Å². The quantitative estimate of drug-likeness (QED) is 0.750. The number of rotatable bonds is 2. The van der Waals surface area contributed by atoms with Crippen molar-refractivity contribution >= 4 is 22.6 Å². The summed E-state index contributed by atoms with van der Waals surface area (Å²) in [7, 11) is 0. The highest BCUT2D eigenvalue weighted by atomic mass is 35.5. The molecule has 2 unspecified atom stereocenters. The van der Waals surface area contributed by atoms with E-state index in [0.29, 0.717) is 17.3 Å². The molecule has 3 rings (SSSR count). The van der Waals surface area contributed by atoms with Gasteiger partial charge < -0.3 is 4.57 Å². The number of aromatic nitrogens is 2. The first-order valence-corrected chi connectivity index (χ1v) is 6.07. The molecule has 0 saturated heterocycles. The minimum absolute atomic E-state index is 0.207. The molecule has 0 N–H and O–H groups in total. The molecule has 1 aliphatic rings. The molecule has 0 bridgehead atoms. The fourth-order valence-electron chi connectivity index (χ4n) is 2.30. The van der Waals surface area contributed by atoms with E-state index < -0.39 is 11.6 Å². The molecule has 90 valence electrons. The van der Waals surface area contributed by atoms with Gasteiger partial charge in [0, 0.05) is 12.1 Å². The number of hydrogen-bond donors (Lipinski definition) is 0. The van der Waals surface area contributed by atoms with Gasteiger partial charge in [-0.1, -0.05) is 6.92 Å². The average Bonchev–Trinajstić information content (AvgIpc) is 2.86. The molecule has 0 radical (unpaired) electrons. The third kappa shape index (κ3) is 1.62. The Morgan fingerprint density at radius 1 is 1.47 bits per heavy atom. The second kappa shape index (κ2) is 3.67. The van der Waals surface area contributed by atoms with E-state index in [1.54, 1.807) is 0 Å². The van der Waals surface area contributed by atoms with Crippen LogP contribution >= 0.6 is 11.6 Å². The molecule has 5 heteroatoms. The molecule has 2 atom stereocenters. The fourth-order valence-corrected chi connectivity index (χ4v) is 2.48. The molecule has 1 heterocycles. The lowest BCUT2D eigenvalue weighted by molar-refractivity contribution is 0.589. The molecule has 1 aromatic heterocycles. The van der Waals surface area contributed by atoms with Crippen molar-refractivity contribution in [2.24, 2.45) is 5.92 Å². The molecule has 0 aliphatic heterocycles. The lowest BCUT2D eigenvalue weighted by Crippen LogP contribution is -2.00. The maximum Gasteiger partial charge on any atom is 0.153 e. The van der Waals surface area contributed by atoms with E-state index >= 15 is 0 Å². The Morgan fingerprint density at radius 2 is 2.18 bits per heavy atom. The molecular formula is C12H11ClF2N2. The second-order valence-electron chi connectivity index (χ2n) is 4.57. The van der Waals surface area contributed by atoms with Gasteiger partial charge in [-0.25, -0.2) is 13.8 Å². The van der Waals surface area contributed by atoms with E-state index in [1.807, 2.05) is 4.57 Å². The molecule has 1 saturated carbocycles. The Morgan fingerprint density at radius 3 is 2.76 bits per heavy atom. The minimum atomic E-state index is -0.626. The van der Waals surface area contributed by atoms with Gasteiger partial charge in [0.25, 0.3) is 0 Å². The standard InChI is InChI=1S/C12H11ClF2N2/c1-6-2-9(6)17-10-4-7(14)3-8(15)12(10)16-11(17)5-13/h3-4,6,9H,2,5H2,1H3. The molecule has 2 aromatic rings. The van der Waals surface area contributed by atoms with Crippen LogP contribution < -0.4 is 0 Å².